The molecule has 1 aromatic heterocycles. The Morgan fingerprint density at radius 3 is 2.45 bits per heavy atom. The molecule has 1 aliphatic rings. The molecule has 0 saturated carbocycles. The zero-order valence-electron chi connectivity index (χ0n) is 11.6. The summed E-state index contributed by atoms with van der Waals surface area (Å²) < 4.78 is 3.02. The maximum Gasteiger partial charge on any atom is 0.0847 e. The van der Waals surface area contributed by atoms with Crippen molar-refractivity contribution in [2.75, 3.05) is 13.1 Å². The largest absolute Gasteiger partial charge is 0.315 e. The van der Waals surface area contributed by atoms with Crippen molar-refractivity contribution in [3.05, 3.63) is 50.7 Å². The normalized spacial score (nSPS) is 17.0. The third kappa shape index (κ3) is 2.30. The minimum atomic E-state index is 0.130. The van der Waals surface area contributed by atoms with E-state index in [2.05, 4.69) is 50.6 Å². The topological polar surface area (TPSA) is 29.9 Å². The second-order valence-corrected chi connectivity index (χ2v) is 6.83. The summed E-state index contributed by atoms with van der Waals surface area (Å²) in [6.07, 6.45) is 0.914. The van der Waals surface area contributed by atoms with E-state index in [1.165, 1.54) is 5.56 Å². The van der Waals surface area contributed by atoms with Crippen LogP contribution in [0.5, 0.6) is 0 Å². The third-order valence-corrected chi connectivity index (χ3v) is 5.17. The molecule has 2 heterocycles. The Morgan fingerprint density at radius 2 is 2.00 bits per heavy atom. The lowest BCUT2D eigenvalue weighted by Gasteiger charge is -2.43. The summed E-state index contributed by atoms with van der Waals surface area (Å²) in [5.74, 6) is 0. The number of nitrogens with one attached hydrogen (secondary N) is 1. The molecule has 3 nitrogen and oxygen atoms in total. The van der Waals surface area contributed by atoms with Gasteiger partial charge in [-0.1, -0.05) is 39.7 Å². The highest BCUT2D eigenvalue weighted by Crippen LogP contribution is 2.35. The van der Waals surface area contributed by atoms with Crippen LogP contribution in [0, 0.1) is 6.92 Å². The van der Waals surface area contributed by atoms with Crippen molar-refractivity contribution in [1.82, 2.24) is 15.1 Å². The maximum atomic E-state index is 6.40. The molecule has 3 rings (SSSR count). The first kappa shape index (κ1) is 14.1. The third-order valence-electron chi connectivity index (χ3n) is 4.15. The molecule has 0 aliphatic carbocycles. The summed E-state index contributed by atoms with van der Waals surface area (Å²) in [5, 5.41) is 8.62. The van der Waals surface area contributed by atoms with E-state index in [1.807, 2.05) is 18.7 Å². The Morgan fingerprint density at radius 1 is 1.35 bits per heavy atom. The Balaban J connectivity index is 1.96. The molecule has 0 bridgehead atoms. The SMILES string of the molecule is Cc1nn(C)c(CC2(c3ccc(Br)cc3)CNC2)c1Cl. The first-order valence-corrected chi connectivity index (χ1v) is 7.84. The maximum absolute atomic E-state index is 6.40. The van der Waals surface area contributed by atoms with Crippen molar-refractivity contribution >= 4 is 27.5 Å². The van der Waals surface area contributed by atoms with Gasteiger partial charge in [-0.2, -0.15) is 5.10 Å². The molecule has 1 aliphatic heterocycles. The summed E-state index contributed by atoms with van der Waals surface area (Å²) >= 11 is 9.90. The Labute approximate surface area is 132 Å². The fraction of sp³-hybridized carbons (Fsp3) is 0.400. The van der Waals surface area contributed by atoms with E-state index in [9.17, 15) is 0 Å². The predicted octanol–water partition coefficient (Wildman–Crippen LogP) is 3.23. The summed E-state index contributed by atoms with van der Waals surface area (Å²) in [6, 6.07) is 8.60. The van der Waals surface area contributed by atoms with Crippen LogP contribution in [0.2, 0.25) is 5.02 Å². The van der Waals surface area contributed by atoms with Crippen LogP contribution in [-0.2, 0) is 18.9 Å². The first-order valence-electron chi connectivity index (χ1n) is 6.67. The molecule has 0 atom stereocenters. The van der Waals surface area contributed by atoms with Gasteiger partial charge >= 0.3 is 0 Å². The molecule has 1 aromatic carbocycles. The van der Waals surface area contributed by atoms with E-state index in [1.54, 1.807) is 0 Å². The fourth-order valence-corrected chi connectivity index (χ4v) is 3.35. The van der Waals surface area contributed by atoms with Crippen LogP contribution in [0.25, 0.3) is 0 Å². The molecule has 106 valence electrons. The zero-order valence-corrected chi connectivity index (χ0v) is 13.9. The van der Waals surface area contributed by atoms with Gasteiger partial charge in [0.1, 0.15) is 0 Å². The van der Waals surface area contributed by atoms with Gasteiger partial charge in [0.2, 0.25) is 0 Å². The van der Waals surface area contributed by atoms with Gasteiger partial charge in [0.15, 0.2) is 0 Å². The van der Waals surface area contributed by atoms with Crippen LogP contribution in [0.4, 0.5) is 0 Å². The van der Waals surface area contributed by atoms with Crippen LogP contribution in [0.15, 0.2) is 28.7 Å². The Kier molecular flexibility index (Phi) is 3.65. The van der Waals surface area contributed by atoms with Gasteiger partial charge in [0.05, 0.1) is 16.4 Å². The molecule has 20 heavy (non-hydrogen) atoms. The van der Waals surface area contributed by atoms with Crippen LogP contribution >= 0.6 is 27.5 Å². The number of hydrogen-bond acceptors (Lipinski definition) is 2. The molecule has 0 unspecified atom stereocenters. The van der Waals surface area contributed by atoms with Crippen molar-refractivity contribution in [3.63, 3.8) is 0 Å². The lowest BCUT2D eigenvalue weighted by molar-refractivity contribution is 0.270. The highest BCUT2D eigenvalue weighted by atomic mass is 79.9. The summed E-state index contributed by atoms with van der Waals surface area (Å²) in [4.78, 5) is 0. The highest BCUT2D eigenvalue weighted by Gasteiger charge is 2.40. The van der Waals surface area contributed by atoms with Crippen molar-refractivity contribution in [3.8, 4) is 0 Å². The van der Waals surface area contributed by atoms with Gasteiger partial charge in [-0.05, 0) is 24.6 Å². The number of benzene rings is 1. The molecule has 1 N–H and O–H groups in total. The summed E-state index contributed by atoms with van der Waals surface area (Å²) in [5.41, 5.74) is 3.51. The molecule has 2 aromatic rings. The quantitative estimate of drug-likeness (QED) is 0.917. The predicted molar refractivity (Wildman–Crippen MR) is 85.3 cm³/mol. The van der Waals surface area contributed by atoms with E-state index in [-0.39, 0.29) is 5.41 Å². The molecule has 1 saturated heterocycles. The molecule has 1 fully saturated rings. The lowest BCUT2D eigenvalue weighted by atomic mass is 9.72. The van der Waals surface area contributed by atoms with Gasteiger partial charge < -0.3 is 5.32 Å². The minimum absolute atomic E-state index is 0.130. The highest BCUT2D eigenvalue weighted by molar-refractivity contribution is 9.10. The van der Waals surface area contributed by atoms with E-state index >= 15 is 0 Å². The summed E-state index contributed by atoms with van der Waals surface area (Å²) in [6.45, 7) is 3.92. The van der Waals surface area contributed by atoms with Gasteiger partial charge in [0, 0.05) is 36.4 Å². The van der Waals surface area contributed by atoms with Gasteiger partial charge in [-0.3, -0.25) is 4.68 Å². The van der Waals surface area contributed by atoms with Crippen molar-refractivity contribution in [2.24, 2.45) is 7.05 Å². The van der Waals surface area contributed by atoms with E-state index < -0.39 is 0 Å². The first-order chi connectivity index (χ1) is 9.52. The number of nitrogens with zero attached hydrogens (tertiary/aromatic N) is 2. The van der Waals surface area contributed by atoms with E-state index in [0.717, 1.165) is 40.4 Å². The van der Waals surface area contributed by atoms with Gasteiger partial charge in [-0.25, -0.2) is 0 Å². The summed E-state index contributed by atoms with van der Waals surface area (Å²) in [7, 11) is 1.97. The lowest BCUT2D eigenvalue weighted by Crippen LogP contribution is -2.58. The number of aromatic nitrogens is 2. The average Bonchev–Trinajstić information content (AvgIpc) is 2.61. The van der Waals surface area contributed by atoms with Crippen LogP contribution < -0.4 is 5.32 Å². The molecule has 0 spiro atoms. The van der Waals surface area contributed by atoms with Gasteiger partial charge in [0.25, 0.3) is 0 Å². The molecular weight excluding hydrogens is 338 g/mol. The van der Waals surface area contributed by atoms with Crippen molar-refractivity contribution in [2.45, 2.75) is 18.8 Å². The molecular formula is C15H17BrClN3. The Bertz CT molecular complexity index is 629. The van der Waals surface area contributed by atoms with Crippen molar-refractivity contribution in [1.29, 1.82) is 0 Å². The second-order valence-electron chi connectivity index (χ2n) is 5.54. The average molecular weight is 355 g/mol. The standard InChI is InChI=1S/C15H17BrClN3/c1-10-14(17)13(20(2)19-10)7-15(8-18-9-15)11-3-5-12(16)6-4-11/h3-6,18H,7-9H2,1-2H3. The molecule has 0 amide bonds. The second kappa shape index (κ2) is 5.17. The monoisotopic (exact) mass is 353 g/mol. The minimum Gasteiger partial charge on any atom is -0.315 e. The van der Waals surface area contributed by atoms with E-state index in [0.29, 0.717) is 0 Å². The van der Waals surface area contributed by atoms with E-state index in [4.69, 9.17) is 11.6 Å². The van der Waals surface area contributed by atoms with Crippen LogP contribution in [0.1, 0.15) is 17.0 Å². The number of rotatable bonds is 3. The zero-order chi connectivity index (χ0) is 14.3. The number of hydrogen-bond donors (Lipinski definition) is 1. The number of halogens is 2. The smallest absolute Gasteiger partial charge is 0.0847 e. The molecule has 0 radical (unpaired) electrons. The Hall–Kier alpha value is -0.840. The van der Waals surface area contributed by atoms with Crippen LogP contribution in [-0.4, -0.2) is 22.9 Å². The number of aryl methyl sites for hydroxylation is 2. The van der Waals surface area contributed by atoms with Crippen LogP contribution in [0.3, 0.4) is 0 Å². The fourth-order valence-electron chi connectivity index (χ4n) is 2.85. The van der Waals surface area contributed by atoms with Crippen molar-refractivity contribution < 1.29 is 0 Å². The molecule has 5 heteroatoms. The van der Waals surface area contributed by atoms with Gasteiger partial charge in [-0.15, -0.1) is 0 Å².